The fourth-order valence-electron chi connectivity index (χ4n) is 2.67. The number of likely N-dealkylation sites (N-methyl/N-ethyl adjacent to an activating group) is 1. The van der Waals surface area contributed by atoms with Gasteiger partial charge in [0.25, 0.3) is 0 Å². The summed E-state index contributed by atoms with van der Waals surface area (Å²) in [6.45, 7) is 5.05. The van der Waals surface area contributed by atoms with Crippen LogP contribution in [0.3, 0.4) is 0 Å². The van der Waals surface area contributed by atoms with Gasteiger partial charge in [-0.3, -0.25) is 4.90 Å². The second-order valence-corrected chi connectivity index (χ2v) is 5.11. The van der Waals surface area contributed by atoms with Crippen molar-refractivity contribution in [1.82, 2.24) is 10.2 Å². The van der Waals surface area contributed by atoms with Gasteiger partial charge in [0.05, 0.1) is 0 Å². The Hall–Kier alpha value is -0.930. The number of halogens is 1. The lowest BCUT2D eigenvalue weighted by atomic mass is 9.95. The highest BCUT2D eigenvalue weighted by molar-refractivity contribution is 5.17. The lowest BCUT2D eigenvalue weighted by Gasteiger charge is -2.36. The molecule has 1 N–H and O–H groups in total. The number of piperidine rings is 1. The van der Waals surface area contributed by atoms with Crippen molar-refractivity contribution in [3.63, 3.8) is 0 Å². The number of benzene rings is 1. The fraction of sp³-hybridized carbons (Fsp3) is 0.571. The maximum Gasteiger partial charge on any atom is 0.127 e. The van der Waals surface area contributed by atoms with Crippen LogP contribution >= 0.6 is 0 Å². The first-order valence-corrected chi connectivity index (χ1v) is 6.32. The second kappa shape index (κ2) is 5.61. The lowest BCUT2D eigenvalue weighted by molar-refractivity contribution is 0.145. The lowest BCUT2D eigenvalue weighted by Crippen LogP contribution is -2.47. The Labute approximate surface area is 103 Å². The van der Waals surface area contributed by atoms with Crippen LogP contribution in [0.4, 0.5) is 4.39 Å². The normalized spacial score (nSPS) is 26.1. The highest BCUT2D eigenvalue weighted by Crippen LogP contribution is 2.19. The Morgan fingerprint density at radius 2 is 2.12 bits per heavy atom. The van der Waals surface area contributed by atoms with Crippen LogP contribution in [0.5, 0.6) is 0 Å². The van der Waals surface area contributed by atoms with Crippen molar-refractivity contribution in [3.05, 3.63) is 35.6 Å². The molecule has 0 radical (unpaired) electrons. The summed E-state index contributed by atoms with van der Waals surface area (Å²) in [4.78, 5) is 2.34. The number of nitrogens with one attached hydrogen (secondary N) is 1. The van der Waals surface area contributed by atoms with Crippen LogP contribution in [0.15, 0.2) is 24.3 Å². The van der Waals surface area contributed by atoms with Gasteiger partial charge in [-0.2, -0.15) is 0 Å². The van der Waals surface area contributed by atoms with Crippen LogP contribution < -0.4 is 5.32 Å². The van der Waals surface area contributed by atoms with E-state index in [-0.39, 0.29) is 5.82 Å². The van der Waals surface area contributed by atoms with Crippen LogP contribution in [-0.2, 0) is 6.54 Å². The number of likely N-dealkylation sites (tertiary alicyclic amines) is 1. The maximum atomic E-state index is 13.6. The van der Waals surface area contributed by atoms with E-state index in [0.29, 0.717) is 12.0 Å². The summed E-state index contributed by atoms with van der Waals surface area (Å²) in [5.74, 6) is 0.583. The molecule has 0 bridgehead atoms. The minimum absolute atomic E-state index is 0.0910. The quantitative estimate of drug-likeness (QED) is 0.866. The molecule has 2 rings (SSSR count). The first-order valence-electron chi connectivity index (χ1n) is 6.32. The standard InChI is InChI=1S/C14H21FN2/c1-11-7-13(16-2)10-17(8-11)9-12-5-3-4-6-14(12)15/h3-6,11,13,16H,7-10H2,1-2H3. The predicted molar refractivity (Wildman–Crippen MR) is 68.3 cm³/mol. The molecule has 0 aliphatic carbocycles. The third kappa shape index (κ3) is 3.27. The van der Waals surface area contributed by atoms with Crippen molar-refractivity contribution >= 4 is 0 Å². The Kier molecular flexibility index (Phi) is 4.13. The van der Waals surface area contributed by atoms with Gasteiger partial charge in [0, 0.05) is 31.2 Å². The van der Waals surface area contributed by atoms with E-state index in [9.17, 15) is 4.39 Å². The van der Waals surface area contributed by atoms with Crippen LogP contribution in [0.2, 0.25) is 0 Å². The molecule has 0 amide bonds. The van der Waals surface area contributed by atoms with E-state index in [0.717, 1.165) is 25.2 Å². The molecule has 0 saturated carbocycles. The monoisotopic (exact) mass is 236 g/mol. The van der Waals surface area contributed by atoms with Gasteiger partial charge in [-0.05, 0) is 25.5 Å². The maximum absolute atomic E-state index is 13.6. The number of rotatable bonds is 3. The molecule has 17 heavy (non-hydrogen) atoms. The molecule has 1 aromatic rings. The molecule has 0 spiro atoms. The summed E-state index contributed by atoms with van der Waals surface area (Å²) in [5.41, 5.74) is 0.802. The molecule has 0 aromatic heterocycles. The summed E-state index contributed by atoms with van der Waals surface area (Å²) in [6, 6.07) is 7.60. The highest BCUT2D eigenvalue weighted by Gasteiger charge is 2.23. The molecule has 1 heterocycles. The first kappa shape index (κ1) is 12.5. The van der Waals surface area contributed by atoms with Gasteiger partial charge in [-0.25, -0.2) is 4.39 Å². The van der Waals surface area contributed by atoms with Crippen molar-refractivity contribution < 1.29 is 4.39 Å². The third-order valence-corrected chi connectivity index (χ3v) is 3.50. The van der Waals surface area contributed by atoms with Crippen molar-refractivity contribution in [2.45, 2.75) is 25.9 Å². The van der Waals surface area contributed by atoms with Crippen LogP contribution in [0.1, 0.15) is 18.9 Å². The zero-order valence-corrected chi connectivity index (χ0v) is 10.6. The summed E-state index contributed by atoms with van der Waals surface area (Å²) >= 11 is 0. The fourth-order valence-corrected chi connectivity index (χ4v) is 2.67. The molecule has 1 saturated heterocycles. The van der Waals surface area contributed by atoms with Gasteiger partial charge in [0.1, 0.15) is 5.82 Å². The van der Waals surface area contributed by atoms with Gasteiger partial charge < -0.3 is 5.32 Å². The molecule has 1 aliphatic rings. The second-order valence-electron chi connectivity index (χ2n) is 5.11. The summed E-state index contributed by atoms with van der Waals surface area (Å²) in [6.07, 6.45) is 1.21. The Balaban J connectivity index is 2.01. The molecule has 3 heteroatoms. The van der Waals surface area contributed by atoms with Gasteiger partial charge in [-0.1, -0.05) is 25.1 Å². The van der Waals surface area contributed by atoms with E-state index in [1.165, 1.54) is 12.5 Å². The van der Waals surface area contributed by atoms with E-state index in [1.807, 2.05) is 19.2 Å². The van der Waals surface area contributed by atoms with Crippen molar-refractivity contribution in [2.24, 2.45) is 5.92 Å². The average Bonchev–Trinajstić information content (AvgIpc) is 2.31. The van der Waals surface area contributed by atoms with Gasteiger partial charge in [-0.15, -0.1) is 0 Å². The van der Waals surface area contributed by atoms with Crippen molar-refractivity contribution in [1.29, 1.82) is 0 Å². The number of nitrogens with zero attached hydrogens (tertiary/aromatic N) is 1. The largest absolute Gasteiger partial charge is 0.316 e. The van der Waals surface area contributed by atoms with Crippen LogP contribution in [-0.4, -0.2) is 31.1 Å². The number of hydrogen-bond acceptors (Lipinski definition) is 2. The molecule has 1 aliphatic heterocycles. The Morgan fingerprint density at radius 3 is 2.82 bits per heavy atom. The molecule has 2 atom stereocenters. The summed E-state index contributed by atoms with van der Waals surface area (Å²) < 4.78 is 13.6. The first-order chi connectivity index (χ1) is 8.19. The summed E-state index contributed by atoms with van der Waals surface area (Å²) in [5, 5.41) is 3.33. The van der Waals surface area contributed by atoms with E-state index < -0.39 is 0 Å². The van der Waals surface area contributed by atoms with Crippen LogP contribution in [0.25, 0.3) is 0 Å². The third-order valence-electron chi connectivity index (χ3n) is 3.50. The van der Waals surface area contributed by atoms with Gasteiger partial charge >= 0.3 is 0 Å². The van der Waals surface area contributed by atoms with E-state index in [4.69, 9.17) is 0 Å². The molecule has 1 fully saturated rings. The molecule has 1 aromatic carbocycles. The van der Waals surface area contributed by atoms with E-state index >= 15 is 0 Å². The minimum Gasteiger partial charge on any atom is -0.316 e. The zero-order chi connectivity index (χ0) is 12.3. The molecular formula is C14H21FN2. The van der Waals surface area contributed by atoms with Crippen LogP contribution in [0, 0.1) is 11.7 Å². The predicted octanol–water partition coefficient (Wildman–Crippen LogP) is 2.26. The number of hydrogen-bond donors (Lipinski definition) is 1. The molecular weight excluding hydrogens is 215 g/mol. The smallest absolute Gasteiger partial charge is 0.127 e. The SMILES string of the molecule is CNC1CC(C)CN(Cc2ccccc2F)C1. The Bertz CT molecular complexity index is 367. The highest BCUT2D eigenvalue weighted by atomic mass is 19.1. The minimum atomic E-state index is -0.0910. The molecule has 2 unspecified atom stereocenters. The Morgan fingerprint density at radius 1 is 1.35 bits per heavy atom. The summed E-state index contributed by atoms with van der Waals surface area (Å²) in [7, 11) is 2.00. The molecule has 94 valence electrons. The van der Waals surface area contributed by atoms with Gasteiger partial charge in [0.15, 0.2) is 0 Å². The topological polar surface area (TPSA) is 15.3 Å². The van der Waals surface area contributed by atoms with Gasteiger partial charge in [0.2, 0.25) is 0 Å². The van der Waals surface area contributed by atoms with Crippen molar-refractivity contribution in [3.8, 4) is 0 Å². The van der Waals surface area contributed by atoms with E-state index in [2.05, 4.69) is 17.1 Å². The average molecular weight is 236 g/mol. The molecule has 2 nitrogen and oxygen atoms in total. The van der Waals surface area contributed by atoms with Crippen molar-refractivity contribution in [2.75, 3.05) is 20.1 Å². The zero-order valence-electron chi connectivity index (χ0n) is 10.6. The van der Waals surface area contributed by atoms with E-state index in [1.54, 1.807) is 6.07 Å².